The number of benzene rings is 1. The Kier molecular flexibility index (Phi) is 7.71. The molecule has 0 saturated carbocycles. The van der Waals surface area contributed by atoms with Crippen molar-refractivity contribution in [1.82, 2.24) is 20.0 Å². The molecule has 2 atom stereocenters. The molecule has 1 aliphatic heterocycles. The molecule has 0 bridgehead atoms. The third-order valence-corrected chi connectivity index (χ3v) is 6.10. The van der Waals surface area contributed by atoms with Gasteiger partial charge in [-0.25, -0.2) is 4.98 Å². The third-order valence-electron chi connectivity index (χ3n) is 6.10. The highest BCUT2D eigenvalue weighted by Gasteiger charge is 2.48. The molecule has 2 aromatic heterocycles. The number of amides is 2. The lowest BCUT2D eigenvalue weighted by Crippen LogP contribution is -2.56. The van der Waals surface area contributed by atoms with E-state index < -0.39 is 24.6 Å². The van der Waals surface area contributed by atoms with Gasteiger partial charge >= 0.3 is 7.12 Å². The molecule has 3 aromatic rings. The van der Waals surface area contributed by atoms with Gasteiger partial charge in [0.15, 0.2) is 0 Å². The van der Waals surface area contributed by atoms with Crippen molar-refractivity contribution in [2.24, 2.45) is 11.1 Å². The SMILES string of the molecule is CC(C)C[C@H](NC(=O)C1(Cc2ccccc2)CC(CNC(=O)c2cccc3nccn23)=NO1)B(O)O. The van der Waals surface area contributed by atoms with Gasteiger partial charge in [-0.1, -0.05) is 55.4 Å². The summed E-state index contributed by atoms with van der Waals surface area (Å²) in [5.74, 6) is -1.52. The van der Waals surface area contributed by atoms with Gasteiger partial charge in [0.2, 0.25) is 5.60 Å². The second-order valence-corrected chi connectivity index (χ2v) is 9.45. The zero-order valence-corrected chi connectivity index (χ0v) is 20.3. The molecule has 2 amide bonds. The number of aromatic nitrogens is 2. The van der Waals surface area contributed by atoms with Crippen LogP contribution in [-0.2, 0) is 16.1 Å². The van der Waals surface area contributed by atoms with E-state index in [2.05, 4.69) is 20.8 Å². The monoisotopic (exact) mass is 491 g/mol. The molecule has 4 rings (SSSR count). The topological polar surface area (TPSA) is 138 Å². The van der Waals surface area contributed by atoms with Crippen LogP contribution in [0.5, 0.6) is 0 Å². The number of nitrogens with one attached hydrogen (secondary N) is 2. The van der Waals surface area contributed by atoms with E-state index >= 15 is 0 Å². The van der Waals surface area contributed by atoms with Crippen LogP contribution in [-0.4, -0.2) is 62.2 Å². The Labute approximate surface area is 209 Å². The maximum atomic E-state index is 13.5. The van der Waals surface area contributed by atoms with E-state index in [9.17, 15) is 19.6 Å². The molecule has 188 valence electrons. The van der Waals surface area contributed by atoms with Gasteiger partial charge in [0, 0.05) is 25.2 Å². The second kappa shape index (κ2) is 10.9. The highest BCUT2D eigenvalue weighted by molar-refractivity contribution is 6.43. The van der Waals surface area contributed by atoms with Gasteiger partial charge in [-0.15, -0.1) is 0 Å². The zero-order chi connectivity index (χ0) is 25.7. The largest absolute Gasteiger partial charge is 0.475 e. The maximum Gasteiger partial charge on any atom is 0.475 e. The summed E-state index contributed by atoms with van der Waals surface area (Å²) in [5.41, 5.74) is 1.06. The van der Waals surface area contributed by atoms with Crippen molar-refractivity contribution in [3.05, 3.63) is 72.2 Å². The highest BCUT2D eigenvalue weighted by atomic mass is 16.7. The van der Waals surface area contributed by atoms with Gasteiger partial charge in [0.05, 0.1) is 18.2 Å². The first-order valence-electron chi connectivity index (χ1n) is 11.9. The second-order valence-electron chi connectivity index (χ2n) is 9.45. The van der Waals surface area contributed by atoms with Gasteiger partial charge in [-0.3, -0.25) is 14.0 Å². The molecule has 0 aliphatic carbocycles. The Hall–Kier alpha value is -3.70. The van der Waals surface area contributed by atoms with Crippen molar-refractivity contribution >= 4 is 30.3 Å². The molecule has 4 N–H and O–H groups in total. The fraction of sp³-hybridized carbons (Fsp3) is 0.360. The number of carbonyl (C=O) groups is 2. The molecule has 0 saturated heterocycles. The molecule has 11 heteroatoms. The first kappa shape index (κ1) is 25.4. The predicted molar refractivity (Wildman–Crippen MR) is 135 cm³/mol. The summed E-state index contributed by atoms with van der Waals surface area (Å²) in [6, 6.07) is 14.6. The minimum atomic E-state index is -1.71. The summed E-state index contributed by atoms with van der Waals surface area (Å²) in [5, 5.41) is 29.3. The number of rotatable bonds is 10. The number of oxime groups is 1. The zero-order valence-electron chi connectivity index (χ0n) is 20.3. The van der Waals surface area contributed by atoms with E-state index in [4.69, 9.17) is 4.84 Å². The predicted octanol–water partition coefficient (Wildman–Crippen LogP) is 1.36. The Balaban J connectivity index is 1.48. The van der Waals surface area contributed by atoms with E-state index in [-0.39, 0.29) is 31.2 Å². The number of hydrogen-bond acceptors (Lipinski definition) is 7. The van der Waals surface area contributed by atoms with Crippen LogP contribution in [0.1, 0.15) is 42.7 Å². The molecule has 3 heterocycles. The van der Waals surface area contributed by atoms with Crippen LogP contribution in [0.4, 0.5) is 0 Å². The van der Waals surface area contributed by atoms with Gasteiger partial charge in [-0.05, 0) is 30.0 Å². The lowest BCUT2D eigenvalue weighted by molar-refractivity contribution is -0.144. The molecular formula is C25H30BN5O5. The van der Waals surface area contributed by atoms with Crippen LogP contribution in [0, 0.1) is 5.92 Å². The molecule has 0 spiro atoms. The van der Waals surface area contributed by atoms with Crippen molar-refractivity contribution in [3.63, 3.8) is 0 Å². The summed E-state index contributed by atoms with van der Waals surface area (Å²) < 4.78 is 1.69. The number of fused-ring (bicyclic) bond motifs is 1. The molecule has 36 heavy (non-hydrogen) atoms. The quantitative estimate of drug-likeness (QED) is 0.316. The van der Waals surface area contributed by atoms with Crippen LogP contribution < -0.4 is 10.6 Å². The maximum absolute atomic E-state index is 13.5. The number of imidazole rings is 1. The minimum Gasteiger partial charge on any atom is -0.426 e. The van der Waals surface area contributed by atoms with Crippen LogP contribution in [0.2, 0.25) is 0 Å². The average Bonchev–Trinajstić information content (AvgIpc) is 3.50. The standard InChI is InChI=1S/C25H30BN5O5/c1-17(2)13-21(26(34)35)29-24(33)25(14-18-7-4-3-5-8-18)15-19(30-36-25)16-28-23(32)20-9-6-10-22-27-11-12-31(20)22/h3-12,17,21,34-35H,13-16H2,1-2H3,(H,28,32)(H,29,33)/t21-,25?/m0/s1. The Morgan fingerprint density at radius 2 is 1.94 bits per heavy atom. The van der Waals surface area contributed by atoms with Gasteiger partial charge in [0.1, 0.15) is 11.3 Å². The van der Waals surface area contributed by atoms with Gasteiger partial charge < -0.3 is 25.5 Å². The smallest absolute Gasteiger partial charge is 0.426 e. The minimum absolute atomic E-state index is 0.0891. The van der Waals surface area contributed by atoms with Crippen molar-refractivity contribution < 1.29 is 24.5 Å². The van der Waals surface area contributed by atoms with Crippen LogP contribution in [0.3, 0.4) is 0 Å². The molecule has 0 radical (unpaired) electrons. The van der Waals surface area contributed by atoms with Crippen molar-refractivity contribution in [2.75, 3.05) is 6.54 Å². The molecule has 10 nitrogen and oxygen atoms in total. The Morgan fingerprint density at radius 1 is 1.17 bits per heavy atom. The average molecular weight is 491 g/mol. The van der Waals surface area contributed by atoms with Crippen LogP contribution >= 0.6 is 0 Å². The number of nitrogens with zero attached hydrogens (tertiary/aromatic N) is 3. The lowest BCUT2D eigenvalue weighted by Gasteiger charge is -2.29. The number of pyridine rings is 1. The van der Waals surface area contributed by atoms with Crippen molar-refractivity contribution in [3.8, 4) is 0 Å². The third kappa shape index (κ3) is 5.75. The fourth-order valence-electron chi connectivity index (χ4n) is 4.33. The summed E-state index contributed by atoms with van der Waals surface area (Å²) >= 11 is 0. The molecule has 0 fully saturated rings. The molecular weight excluding hydrogens is 461 g/mol. The number of carbonyl (C=O) groups excluding carboxylic acids is 2. The summed E-state index contributed by atoms with van der Waals surface area (Å²) in [4.78, 5) is 36.2. The summed E-state index contributed by atoms with van der Waals surface area (Å²) in [6.07, 6.45) is 4.07. The summed E-state index contributed by atoms with van der Waals surface area (Å²) in [6.45, 7) is 3.95. The van der Waals surface area contributed by atoms with Crippen molar-refractivity contribution in [2.45, 2.75) is 44.7 Å². The van der Waals surface area contributed by atoms with Crippen LogP contribution in [0.15, 0.2) is 66.1 Å². The first-order chi connectivity index (χ1) is 17.3. The Morgan fingerprint density at radius 3 is 2.67 bits per heavy atom. The van der Waals surface area contributed by atoms with E-state index in [1.165, 1.54) is 0 Å². The highest BCUT2D eigenvalue weighted by Crippen LogP contribution is 2.29. The van der Waals surface area contributed by atoms with Gasteiger partial charge in [0.25, 0.3) is 11.8 Å². The van der Waals surface area contributed by atoms with E-state index in [0.717, 1.165) is 5.56 Å². The molecule has 1 unspecified atom stereocenters. The molecule has 1 aromatic carbocycles. The fourth-order valence-corrected chi connectivity index (χ4v) is 4.33. The lowest BCUT2D eigenvalue weighted by atomic mass is 9.74. The molecule has 1 aliphatic rings. The normalized spacial score (nSPS) is 18.0. The van der Waals surface area contributed by atoms with E-state index in [1.807, 2.05) is 44.2 Å². The van der Waals surface area contributed by atoms with Gasteiger partial charge in [-0.2, -0.15) is 0 Å². The summed E-state index contributed by atoms with van der Waals surface area (Å²) in [7, 11) is -1.71. The van der Waals surface area contributed by atoms with Crippen molar-refractivity contribution in [1.29, 1.82) is 0 Å². The first-order valence-corrected chi connectivity index (χ1v) is 11.9. The number of hydrogen-bond donors (Lipinski definition) is 4. The van der Waals surface area contributed by atoms with Crippen LogP contribution in [0.25, 0.3) is 5.65 Å². The Bertz CT molecular complexity index is 1250. The van der Waals surface area contributed by atoms with E-state index in [1.54, 1.807) is 35.0 Å². The van der Waals surface area contributed by atoms with E-state index in [0.29, 0.717) is 23.5 Å².